The largest absolute Gasteiger partial charge is 0.457 e. The first-order chi connectivity index (χ1) is 21.2. The number of Topliss-reactive ketones (excluding diaryl/α,β-unsaturated/α-hetero) is 2. The highest BCUT2D eigenvalue weighted by Crippen LogP contribution is 2.26. The lowest BCUT2D eigenvalue weighted by Gasteiger charge is -2.38. The van der Waals surface area contributed by atoms with Gasteiger partial charge in [0.05, 0.1) is 13.2 Å². The Morgan fingerprint density at radius 1 is 0.511 bits per heavy atom. The van der Waals surface area contributed by atoms with Gasteiger partial charge in [-0.15, -0.1) is 0 Å². The Morgan fingerprint density at radius 3 is 1.22 bits per heavy atom. The van der Waals surface area contributed by atoms with Crippen molar-refractivity contribution in [3.05, 3.63) is 71.8 Å². The lowest BCUT2D eigenvalue weighted by Crippen LogP contribution is -2.52. The molecule has 0 saturated carbocycles. The first-order valence-corrected chi connectivity index (χ1v) is 24.3. The molecule has 0 aromatic heterocycles. The molecule has 0 unspecified atom stereocenters. The molecule has 13 heteroatoms. The third-order valence-corrected chi connectivity index (χ3v) is 18.0. The molecule has 0 radical (unpaired) electrons. The second kappa shape index (κ2) is 19.0. The van der Waals surface area contributed by atoms with Gasteiger partial charge in [0.1, 0.15) is 13.2 Å². The number of benzene rings is 2. The summed E-state index contributed by atoms with van der Waals surface area (Å²) in [6.45, 7) is 14.5. The second-order valence-corrected chi connectivity index (χ2v) is 24.7. The van der Waals surface area contributed by atoms with Gasteiger partial charge < -0.3 is 27.2 Å². The molecule has 2 rings (SSSR count). The number of ketones is 2. The molecule has 0 heterocycles. The van der Waals surface area contributed by atoms with Gasteiger partial charge in [0.25, 0.3) is 11.6 Å². The fourth-order valence-corrected chi connectivity index (χ4v) is 18.8. The normalized spacial score (nSPS) is 12.0. The molecule has 45 heavy (non-hydrogen) atoms. The summed E-state index contributed by atoms with van der Waals surface area (Å²) in [6.07, 6.45) is 1.63. The molecule has 10 nitrogen and oxygen atoms in total. The fourth-order valence-electron chi connectivity index (χ4n) is 4.79. The number of carbonyl (C=O) groups is 4. The topological polar surface area (TPSA) is 124 Å². The van der Waals surface area contributed by atoms with E-state index in [-0.39, 0.29) is 26.4 Å². The first kappa shape index (κ1) is 38.4. The molecule has 2 aromatic carbocycles. The predicted octanol–water partition coefficient (Wildman–Crippen LogP) is 5.80. The first-order valence-electron chi connectivity index (χ1n) is 15.3. The van der Waals surface area contributed by atoms with Crippen LogP contribution in [0.3, 0.4) is 0 Å². The highest BCUT2D eigenvalue weighted by atomic mass is 28.5. The van der Waals surface area contributed by atoms with Crippen LogP contribution in [0.2, 0.25) is 51.4 Å². The van der Waals surface area contributed by atoms with Gasteiger partial charge in [0, 0.05) is 24.3 Å². The summed E-state index contributed by atoms with van der Waals surface area (Å²) < 4.78 is 34.6. The summed E-state index contributed by atoms with van der Waals surface area (Å²) in [6, 6.07) is 18.4. The van der Waals surface area contributed by atoms with Gasteiger partial charge in [-0.1, -0.05) is 60.7 Å². The molecule has 0 aliphatic carbocycles. The van der Waals surface area contributed by atoms with Crippen LogP contribution in [0.15, 0.2) is 60.7 Å². The maximum Gasteiger partial charge on any atom is 0.379 e. The molecule has 0 aliphatic heterocycles. The van der Waals surface area contributed by atoms with Gasteiger partial charge in [-0.3, -0.25) is 9.59 Å². The lowest BCUT2D eigenvalue weighted by atomic mass is 10.1. The monoisotopic (exact) mass is 676 g/mol. The van der Waals surface area contributed by atoms with E-state index >= 15 is 0 Å². The van der Waals surface area contributed by atoms with E-state index in [0.717, 1.165) is 24.9 Å². The quantitative estimate of drug-likeness (QED) is 0.0497. The molecular weight excluding hydrogens is 629 g/mol. The molecule has 0 N–H and O–H groups in total. The Morgan fingerprint density at radius 2 is 0.867 bits per heavy atom. The van der Waals surface area contributed by atoms with Crippen LogP contribution in [-0.2, 0) is 36.8 Å². The van der Waals surface area contributed by atoms with Crippen LogP contribution in [0.5, 0.6) is 0 Å². The highest BCUT2D eigenvalue weighted by Gasteiger charge is 2.39. The Labute approximate surface area is 270 Å². The Kier molecular flexibility index (Phi) is 16.2. The zero-order valence-electron chi connectivity index (χ0n) is 27.4. The van der Waals surface area contributed by atoms with E-state index in [1.807, 2.05) is 0 Å². The maximum atomic E-state index is 12.0. The van der Waals surface area contributed by atoms with E-state index in [1.54, 1.807) is 60.7 Å². The maximum absolute atomic E-state index is 12.0. The van der Waals surface area contributed by atoms with E-state index < -0.39 is 48.7 Å². The van der Waals surface area contributed by atoms with Crippen molar-refractivity contribution in [1.29, 1.82) is 0 Å². The van der Waals surface area contributed by atoms with E-state index in [2.05, 4.69) is 39.3 Å². The number of rotatable bonds is 22. The van der Waals surface area contributed by atoms with Gasteiger partial charge in [-0.25, -0.2) is 9.59 Å². The van der Waals surface area contributed by atoms with Crippen LogP contribution in [0.4, 0.5) is 0 Å². The van der Waals surface area contributed by atoms with Crippen LogP contribution in [-0.4, -0.2) is 88.3 Å². The molecule has 0 amide bonds. The third-order valence-electron chi connectivity index (χ3n) is 6.54. The van der Waals surface area contributed by atoms with E-state index in [9.17, 15) is 19.2 Å². The number of esters is 2. The zero-order chi connectivity index (χ0) is 33.3. The standard InChI is InChI=1S/C32H48O10Si3/c1-43(2,25-13-19-37-21-23-39-31(35)29(33)27-15-9-7-10-16-27)41-45(5,6)42-44(3,4)26-14-20-38-22-24-40-32(36)30(34)28-17-11-8-12-18-28/h7-12,15-18H,13-14,19-26H2,1-6H3. The number of carbonyl (C=O) groups excluding carboxylic acids is 4. The zero-order valence-corrected chi connectivity index (χ0v) is 30.4. The van der Waals surface area contributed by atoms with Crippen molar-refractivity contribution < 1.29 is 46.4 Å². The predicted molar refractivity (Wildman–Crippen MR) is 179 cm³/mol. The van der Waals surface area contributed by atoms with Crippen molar-refractivity contribution in [2.75, 3.05) is 39.6 Å². The minimum Gasteiger partial charge on any atom is -0.457 e. The van der Waals surface area contributed by atoms with Crippen LogP contribution < -0.4 is 0 Å². The van der Waals surface area contributed by atoms with E-state index in [0.29, 0.717) is 24.3 Å². The van der Waals surface area contributed by atoms with Crippen LogP contribution >= 0.6 is 0 Å². The van der Waals surface area contributed by atoms with Crippen molar-refractivity contribution >= 4 is 48.7 Å². The van der Waals surface area contributed by atoms with Crippen molar-refractivity contribution in [2.45, 2.75) is 64.2 Å². The summed E-state index contributed by atoms with van der Waals surface area (Å²) in [5, 5.41) is 0. The molecule has 2 aromatic rings. The minimum atomic E-state index is -2.38. The van der Waals surface area contributed by atoms with Crippen molar-refractivity contribution in [3.8, 4) is 0 Å². The van der Waals surface area contributed by atoms with Crippen molar-refractivity contribution in [1.82, 2.24) is 0 Å². The summed E-state index contributed by atoms with van der Waals surface area (Å²) in [5.74, 6) is -3.09. The summed E-state index contributed by atoms with van der Waals surface area (Å²) in [5.41, 5.74) is 0.607. The Balaban J connectivity index is 1.56. The van der Waals surface area contributed by atoms with Gasteiger partial charge in [-0.2, -0.15) is 0 Å². The molecule has 0 bridgehead atoms. The Hall–Kier alpha value is -2.79. The smallest absolute Gasteiger partial charge is 0.379 e. The lowest BCUT2D eigenvalue weighted by molar-refractivity contribution is -0.140. The fraction of sp³-hybridized carbons (Fsp3) is 0.500. The van der Waals surface area contributed by atoms with E-state index in [4.69, 9.17) is 27.2 Å². The van der Waals surface area contributed by atoms with Crippen molar-refractivity contribution in [3.63, 3.8) is 0 Å². The summed E-state index contributed by atoms with van der Waals surface area (Å²) in [7, 11) is -6.40. The van der Waals surface area contributed by atoms with Gasteiger partial charge in [0.15, 0.2) is 16.6 Å². The molecule has 0 fully saturated rings. The molecule has 0 saturated heterocycles. The number of hydrogen-bond donors (Lipinski definition) is 0. The molecule has 0 atom stereocenters. The number of hydrogen-bond acceptors (Lipinski definition) is 10. The molecule has 0 aliphatic rings. The van der Waals surface area contributed by atoms with E-state index in [1.165, 1.54) is 0 Å². The Bertz CT molecular complexity index is 1130. The average Bonchev–Trinajstić information content (AvgIpc) is 2.98. The summed E-state index contributed by atoms with van der Waals surface area (Å²) >= 11 is 0. The van der Waals surface area contributed by atoms with Gasteiger partial charge >= 0.3 is 20.5 Å². The molecule has 248 valence electrons. The van der Waals surface area contributed by atoms with Gasteiger partial charge in [0.2, 0.25) is 0 Å². The molecular formula is C32H48O10Si3. The number of ether oxygens (including phenoxy) is 4. The van der Waals surface area contributed by atoms with Crippen molar-refractivity contribution in [2.24, 2.45) is 0 Å². The van der Waals surface area contributed by atoms with Gasteiger partial charge in [-0.05, 0) is 64.2 Å². The minimum absolute atomic E-state index is 0.0243. The van der Waals surface area contributed by atoms with Crippen LogP contribution in [0, 0.1) is 0 Å². The highest BCUT2D eigenvalue weighted by molar-refractivity contribution is 6.87. The molecule has 0 spiro atoms. The SMILES string of the molecule is C[Si](C)(CCCOCCOC(=O)C(=O)c1ccccc1)O[Si](C)(C)O[Si](C)(C)CCCOCCOC(=O)C(=O)c1ccccc1. The average molecular weight is 677 g/mol. The second-order valence-electron chi connectivity index (χ2n) is 12.2. The third kappa shape index (κ3) is 15.9. The van der Waals surface area contributed by atoms with Crippen LogP contribution in [0.1, 0.15) is 33.6 Å². The summed E-state index contributed by atoms with van der Waals surface area (Å²) in [4.78, 5) is 47.9. The van der Waals surface area contributed by atoms with Crippen LogP contribution in [0.25, 0.3) is 0 Å².